The molecule has 2 nitrogen and oxygen atoms in total. The van der Waals surface area contributed by atoms with Gasteiger partial charge in [0.05, 0.1) is 16.6 Å². The number of rotatable bonds is 2. The van der Waals surface area contributed by atoms with Crippen LogP contribution in [0.5, 0.6) is 0 Å². The van der Waals surface area contributed by atoms with Gasteiger partial charge in [0.15, 0.2) is 0 Å². The van der Waals surface area contributed by atoms with Crippen LogP contribution in [-0.2, 0) is 6.54 Å². The lowest BCUT2D eigenvalue weighted by atomic mass is 10.2. The van der Waals surface area contributed by atoms with E-state index in [4.69, 9.17) is 23.2 Å². The minimum atomic E-state index is 0.581. The van der Waals surface area contributed by atoms with E-state index in [9.17, 15) is 0 Å². The minimum absolute atomic E-state index is 0.581. The summed E-state index contributed by atoms with van der Waals surface area (Å²) >= 11 is 11.8. The molecule has 15 heavy (non-hydrogen) atoms. The van der Waals surface area contributed by atoms with Crippen molar-refractivity contribution in [1.29, 1.82) is 0 Å². The second-order valence-electron chi connectivity index (χ2n) is 3.38. The van der Waals surface area contributed by atoms with Gasteiger partial charge in [-0.15, -0.1) is 0 Å². The third-order valence-electron chi connectivity index (χ3n) is 2.25. The molecule has 0 saturated carbocycles. The fraction of sp³-hybridized carbons (Fsp3) is 0.182. The lowest BCUT2D eigenvalue weighted by Crippen LogP contribution is -2.03. The first-order valence-corrected chi connectivity index (χ1v) is 5.35. The van der Waals surface area contributed by atoms with Crippen molar-refractivity contribution in [1.82, 2.24) is 9.78 Å². The molecule has 0 spiro atoms. The van der Waals surface area contributed by atoms with Crippen LogP contribution >= 0.6 is 23.2 Å². The molecule has 0 unspecified atom stereocenters. The van der Waals surface area contributed by atoms with Gasteiger partial charge >= 0.3 is 0 Å². The van der Waals surface area contributed by atoms with E-state index < -0.39 is 0 Å². The molecule has 0 atom stereocenters. The number of aromatic nitrogens is 2. The molecular weight excluding hydrogens is 231 g/mol. The van der Waals surface area contributed by atoms with Crippen LogP contribution in [0.2, 0.25) is 10.0 Å². The molecule has 2 aromatic rings. The number of benzene rings is 1. The van der Waals surface area contributed by atoms with Crippen molar-refractivity contribution in [2.45, 2.75) is 13.5 Å². The summed E-state index contributed by atoms with van der Waals surface area (Å²) in [5, 5.41) is 5.37. The summed E-state index contributed by atoms with van der Waals surface area (Å²) in [6.07, 6.45) is 1.78. The zero-order valence-corrected chi connectivity index (χ0v) is 9.76. The van der Waals surface area contributed by atoms with Crippen molar-refractivity contribution in [2.24, 2.45) is 0 Å². The van der Waals surface area contributed by atoms with E-state index in [1.165, 1.54) is 0 Å². The summed E-state index contributed by atoms with van der Waals surface area (Å²) < 4.78 is 1.92. The molecule has 0 aliphatic carbocycles. The lowest BCUT2D eigenvalue weighted by Gasteiger charge is -2.05. The molecule has 2 rings (SSSR count). The quantitative estimate of drug-likeness (QED) is 0.786. The minimum Gasteiger partial charge on any atom is -0.265 e. The van der Waals surface area contributed by atoms with E-state index in [-0.39, 0.29) is 0 Å². The molecule has 0 fully saturated rings. The van der Waals surface area contributed by atoms with Crippen molar-refractivity contribution in [3.05, 3.63) is 51.8 Å². The Morgan fingerprint density at radius 1 is 1.20 bits per heavy atom. The Balaban J connectivity index is 2.25. The third kappa shape index (κ3) is 2.33. The van der Waals surface area contributed by atoms with Crippen molar-refractivity contribution in [3.8, 4) is 0 Å². The van der Waals surface area contributed by atoms with Gasteiger partial charge in [-0.25, -0.2) is 0 Å². The van der Waals surface area contributed by atoms with Gasteiger partial charge in [0.25, 0.3) is 0 Å². The Hall–Kier alpha value is -0.990. The molecule has 1 heterocycles. The highest BCUT2D eigenvalue weighted by molar-refractivity contribution is 6.42. The van der Waals surface area contributed by atoms with Crippen molar-refractivity contribution in [2.75, 3.05) is 0 Å². The number of aryl methyl sites for hydroxylation is 1. The molecule has 0 N–H and O–H groups in total. The van der Waals surface area contributed by atoms with Crippen molar-refractivity contribution in [3.63, 3.8) is 0 Å². The normalized spacial score (nSPS) is 10.6. The number of nitrogens with zero attached hydrogens (tertiary/aromatic N) is 2. The second kappa shape index (κ2) is 4.25. The summed E-state index contributed by atoms with van der Waals surface area (Å²) in [6.45, 7) is 2.74. The van der Waals surface area contributed by atoms with E-state index in [2.05, 4.69) is 5.10 Å². The van der Waals surface area contributed by atoms with Gasteiger partial charge in [0, 0.05) is 11.9 Å². The average Bonchev–Trinajstić information content (AvgIpc) is 2.59. The Labute approximate surface area is 98.4 Å². The van der Waals surface area contributed by atoms with Gasteiger partial charge in [-0.3, -0.25) is 4.68 Å². The van der Waals surface area contributed by atoms with Gasteiger partial charge in [0.1, 0.15) is 0 Å². The van der Waals surface area contributed by atoms with Crippen LogP contribution < -0.4 is 0 Å². The fourth-order valence-corrected chi connectivity index (χ4v) is 1.70. The zero-order valence-electron chi connectivity index (χ0n) is 8.24. The van der Waals surface area contributed by atoms with Gasteiger partial charge < -0.3 is 0 Å². The van der Waals surface area contributed by atoms with Gasteiger partial charge in [-0.2, -0.15) is 5.10 Å². The lowest BCUT2D eigenvalue weighted by molar-refractivity contribution is 0.665. The van der Waals surface area contributed by atoms with Crippen LogP contribution in [0.15, 0.2) is 30.5 Å². The van der Waals surface area contributed by atoms with Crippen molar-refractivity contribution < 1.29 is 0 Å². The monoisotopic (exact) mass is 240 g/mol. The Morgan fingerprint density at radius 3 is 2.60 bits per heavy atom. The topological polar surface area (TPSA) is 17.8 Å². The van der Waals surface area contributed by atoms with Crippen molar-refractivity contribution >= 4 is 23.2 Å². The van der Waals surface area contributed by atoms with Gasteiger partial charge in [0.2, 0.25) is 0 Å². The standard InChI is InChI=1S/C11H10Cl2N2/c1-8-4-5-14-15(8)7-9-2-3-10(12)11(13)6-9/h2-6H,7H2,1H3. The number of halogens is 2. The molecule has 0 aliphatic rings. The molecule has 1 aromatic carbocycles. The maximum atomic E-state index is 5.93. The fourth-order valence-electron chi connectivity index (χ4n) is 1.38. The van der Waals surface area contributed by atoms with Crippen LogP contribution in [0.4, 0.5) is 0 Å². The summed E-state index contributed by atoms with van der Waals surface area (Å²) in [5.74, 6) is 0. The largest absolute Gasteiger partial charge is 0.265 e. The first-order chi connectivity index (χ1) is 7.16. The number of hydrogen-bond acceptors (Lipinski definition) is 1. The first kappa shape index (κ1) is 10.5. The third-order valence-corrected chi connectivity index (χ3v) is 2.98. The van der Waals surface area contributed by atoms with Gasteiger partial charge in [-0.05, 0) is 30.7 Å². The summed E-state index contributed by atoms with van der Waals surface area (Å²) in [4.78, 5) is 0. The average molecular weight is 241 g/mol. The predicted molar refractivity (Wildman–Crippen MR) is 62.5 cm³/mol. The number of hydrogen-bond donors (Lipinski definition) is 0. The first-order valence-electron chi connectivity index (χ1n) is 4.59. The highest BCUT2D eigenvalue weighted by Crippen LogP contribution is 2.22. The molecule has 0 bridgehead atoms. The van der Waals surface area contributed by atoms with E-state index >= 15 is 0 Å². The smallest absolute Gasteiger partial charge is 0.0662 e. The molecule has 0 saturated heterocycles. The predicted octanol–water partition coefficient (Wildman–Crippen LogP) is 3.55. The van der Waals surface area contributed by atoms with E-state index in [0.29, 0.717) is 10.0 Å². The highest BCUT2D eigenvalue weighted by Gasteiger charge is 2.02. The van der Waals surface area contributed by atoms with E-state index in [1.807, 2.05) is 29.8 Å². The molecular formula is C11H10Cl2N2. The zero-order chi connectivity index (χ0) is 10.8. The van der Waals surface area contributed by atoms with Crippen LogP contribution in [0, 0.1) is 6.92 Å². The Bertz CT molecular complexity index is 477. The maximum Gasteiger partial charge on any atom is 0.0662 e. The summed E-state index contributed by atoms with van der Waals surface area (Å²) in [7, 11) is 0. The van der Waals surface area contributed by atoms with Crippen LogP contribution in [-0.4, -0.2) is 9.78 Å². The molecule has 78 valence electrons. The summed E-state index contributed by atoms with van der Waals surface area (Å²) in [5.41, 5.74) is 2.22. The van der Waals surface area contributed by atoms with Crippen LogP contribution in [0.1, 0.15) is 11.3 Å². The second-order valence-corrected chi connectivity index (χ2v) is 4.19. The molecule has 0 aliphatic heterocycles. The highest BCUT2D eigenvalue weighted by atomic mass is 35.5. The SMILES string of the molecule is Cc1ccnn1Cc1ccc(Cl)c(Cl)c1. The molecule has 0 radical (unpaired) electrons. The van der Waals surface area contributed by atoms with E-state index in [1.54, 1.807) is 12.3 Å². The Kier molecular flexibility index (Phi) is 2.98. The van der Waals surface area contributed by atoms with E-state index in [0.717, 1.165) is 17.8 Å². The Morgan fingerprint density at radius 2 is 2.00 bits per heavy atom. The summed E-state index contributed by atoms with van der Waals surface area (Å²) in [6, 6.07) is 7.59. The molecule has 1 aromatic heterocycles. The van der Waals surface area contributed by atoms with Gasteiger partial charge in [-0.1, -0.05) is 29.3 Å². The van der Waals surface area contributed by atoms with Crippen LogP contribution in [0.3, 0.4) is 0 Å². The molecule has 4 heteroatoms. The molecule has 0 amide bonds. The van der Waals surface area contributed by atoms with Crippen LogP contribution in [0.25, 0.3) is 0 Å². The maximum absolute atomic E-state index is 5.93.